The Morgan fingerprint density at radius 3 is 2.47 bits per heavy atom. The number of nitrogens with two attached hydrogens (primary N) is 1. The fourth-order valence-electron chi connectivity index (χ4n) is 1.54. The van der Waals surface area contributed by atoms with Gasteiger partial charge in [0, 0.05) is 32.4 Å². The number of rotatable bonds is 3. The van der Waals surface area contributed by atoms with Gasteiger partial charge in [-0.25, -0.2) is 4.99 Å². The maximum atomic E-state index is 5.32. The minimum atomic E-state index is 0.993. The van der Waals surface area contributed by atoms with Crippen LogP contribution in [0.2, 0.25) is 0 Å². The molecular weight excluding hydrogens is 188 g/mol. The fourth-order valence-corrected chi connectivity index (χ4v) is 1.54. The minimum absolute atomic E-state index is 0.993. The average molecular weight is 208 g/mol. The van der Waals surface area contributed by atoms with Crippen molar-refractivity contribution in [3.63, 3.8) is 0 Å². The molecule has 0 aromatic carbocycles. The number of nitrogens with zero attached hydrogens (tertiary/aromatic N) is 3. The Bertz CT molecular complexity index is 260. The molecule has 0 amide bonds. The van der Waals surface area contributed by atoms with Crippen LogP contribution in [-0.4, -0.2) is 49.2 Å². The summed E-state index contributed by atoms with van der Waals surface area (Å²) >= 11 is 0. The lowest BCUT2D eigenvalue weighted by Gasteiger charge is -2.33. The largest absolute Gasteiger partial charge is 0.405 e. The van der Waals surface area contributed by atoms with E-state index in [1.807, 2.05) is 25.3 Å². The number of allylic oxidation sites excluding steroid dienone is 2. The Balaban J connectivity index is 2.64. The van der Waals surface area contributed by atoms with Gasteiger partial charge in [-0.1, -0.05) is 0 Å². The van der Waals surface area contributed by atoms with Crippen molar-refractivity contribution in [3.05, 3.63) is 24.2 Å². The zero-order valence-corrected chi connectivity index (χ0v) is 9.56. The molecule has 1 aliphatic rings. The highest BCUT2D eigenvalue weighted by atomic mass is 15.3. The molecule has 0 unspecified atom stereocenters. The molecule has 84 valence electrons. The minimum Gasteiger partial charge on any atom is -0.405 e. The summed E-state index contributed by atoms with van der Waals surface area (Å²) in [7, 11) is 2.14. The van der Waals surface area contributed by atoms with Gasteiger partial charge in [-0.05, 0) is 32.3 Å². The second kappa shape index (κ2) is 6.24. The second-order valence-electron chi connectivity index (χ2n) is 3.59. The van der Waals surface area contributed by atoms with E-state index in [4.69, 9.17) is 5.73 Å². The van der Waals surface area contributed by atoms with E-state index in [1.54, 1.807) is 0 Å². The maximum absolute atomic E-state index is 5.32. The molecule has 1 heterocycles. The van der Waals surface area contributed by atoms with Crippen molar-refractivity contribution in [2.24, 2.45) is 10.7 Å². The van der Waals surface area contributed by atoms with Crippen LogP contribution >= 0.6 is 0 Å². The van der Waals surface area contributed by atoms with Gasteiger partial charge in [0.2, 0.25) is 0 Å². The highest BCUT2D eigenvalue weighted by molar-refractivity contribution is 5.55. The number of likely N-dealkylation sites (N-methyl/N-ethyl adjacent to an activating group) is 1. The van der Waals surface area contributed by atoms with Crippen LogP contribution in [0.4, 0.5) is 0 Å². The summed E-state index contributed by atoms with van der Waals surface area (Å²) in [4.78, 5) is 8.95. The van der Waals surface area contributed by atoms with E-state index in [2.05, 4.69) is 21.8 Å². The monoisotopic (exact) mass is 208 g/mol. The topological polar surface area (TPSA) is 44.9 Å². The molecule has 0 aromatic heterocycles. The van der Waals surface area contributed by atoms with Gasteiger partial charge in [0.15, 0.2) is 0 Å². The Morgan fingerprint density at radius 1 is 1.27 bits per heavy atom. The van der Waals surface area contributed by atoms with Crippen LogP contribution in [0.3, 0.4) is 0 Å². The highest BCUT2D eigenvalue weighted by Gasteiger charge is 2.14. The van der Waals surface area contributed by atoms with E-state index < -0.39 is 0 Å². The second-order valence-corrected chi connectivity index (χ2v) is 3.59. The van der Waals surface area contributed by atoms with E-state index in [0.29, 0.717) is 0 Å². The van der Waals surface area contributed by atoms with Gasteiger partial charge in [-0.3, -0.25) is 0 Å². The van der Waals surface area contributed by atoms with Crippen LogP contribution in [0.1, 0.15) is 6.92 Å². The van der Waals surface area contributed by atoms with Crippen molar-refractivity contribution < 1.29 is 0 Å². The quantitative estimate of drug-likeness (QED) is 0.547. The van der Waals surface area contributed by atoms with E-state index in [9.17, 15) is 0 Å². The van der Waals surface area contributed by atoms with Crippen molar-refractivity contribution in [2.75, 3.05) is 33.2 Å². The maximum Gasteiger partial charge on any atom is 0.128 e. The fraction of sp³-hybridized carbons (Fsp3) is 0.545. The van der Waals surface area contributed by atoms with Crippen LogP contribution in [0.5, 0.6) is 0 Å². The van der Waals surface area contributed by atoms with E-state index in [0.717, 1.165) is 32.0 Å². The first kappa shape index (κ1) is 11.8. The van der Waals surface area contributed by atoms with Gasteiger partial charge in [-0.2, -0.15) is 0 Å². The van der Waals surface area contributed by atoms with Gasteiger partial charge in [0.05, 0.1) is 0 Å². The smallest absolute Gasteiger partial charge is 0.128 e. The molecule has 2 N–H and O–H groups in total. The molecule has 4 nitrogen and oxygen atoms in total. The molecule has 0 atom stereocenters. The Morgan fingerprint density at radius 2 is 1.93 bits per heavy atom. The van der Waals surface area contributed by atoms with E-state index >= 15 is 0 Å². The number of hydrogen-bond acceptors (Lipinski definition) is 4. The summed E-state index contributed by atoms with van der Waals surface area (Å²) < 4.78 is 0. The van der Waals surface area contributed by atoms with Crippen molar-refractivity contribution in [2.45, 2.75) is 6.92 Å². The molecule has 1 fully saturated rings. The van der Waals surface area contributed by atoms with Crippen molar-refractivity contribution >= 4 is 6.21 Å². The third-order valence-electron chi connectivity index (χ3n) is 2.45. The predicted octanol–water partition coefficient (Wildman–Crippen LogP) is 0.638. The van der Waals surface area contributed by atoms with Crippen molar-refractivity contribution in [3.8, 4) is 0 Å². The van der Waals surface area contributed by atoms with Crippen molar-refractivity contribution in [1.29, 1.82) is 0 Å². The summed E-state index contributed by atoms with van der Waals surface area (Å²) in [6.07, 6.45) is 7.11. The average Bonchev–Trinajstić information content (AvgIpc) is 2.25. The Labute approximate surface area is 91.8 Å². The molecule has 1 aliphatic heterocycles. The number of aliphatic imine (C=N–C) groups is 1. The van der Waals surface area contributed by atoms with E-state index in [1.165, 1.54) is 6.20 Å². The first-order valence-corrected chi connectivity index (χ1v) is 5.28. The molecule has 0 radical (unpaired) electrons. The predicted molar refractivity (Wildman–Crippen MR) is 64.6 cm³/mol. The molecule has 0 spiro atoms. The van der Waals surface area contributed by atoms with Gasteiger partial charge in [0.25, 0.3) is 0 Å². The molecular formula is C11H20N4. The Hall–Kier alpha value is -1.29. The van der Waals surface area contributed by atoms with Crippen molar-refractivity contribution in [1.82, 2.24) is 9.80 Å². The molecule has 0 aliphatic carbocycles. The Kier molecular flexibility index (Phi) is 4.90. The third kappa shape index (κ3) is 3.75. The number of hydrogen-bond donors (Lipinski definition) is 1. The van der Waals surface area contributed by atoms with Gasteiger partial charge in [-0.15, -0.1) is 0 Å². The highest BCUT2D eigenvalue weighted by Crippen LogP contribution is 2.09. The van der Waals surface area contributed by atoms with Gasteiger partial charge < -0.3 is 15.5 Å². The van der Waals surface area contributed by atoms with Gasteiger partial charge in [0.1, 0.15) is 5.82 Å². The lowest BCUT2D eigenvalue weighted by atomic mass is 10.3. The standard InChI is InChI=1S/C11H20N4/c1-3-13-11(5-4-6-12)15-9-7-14(2)8-10-15/h3-6H,7-10,12H2,1-2H3/b6-4+,11-5+,13-3-. The summed E-state index contributed by atoms with van der Waals surface area (Å²) in [5.74, 6) is 0.993. The van der Waals surface area contributed by atoms with Crippen LogP contribution in [0.15, 0.2) is 29.2 Å². The first-order valence-electron chi connectivity index (χ1n) is 5.28. The summed E-state index contributed by atoms with van der Waals surface area (Å²) in [5.41, 5.74) is 5.32. The lowest BCUT2D eigenvalue weighted by Crippen LogP contribution is -2.43. The molecule has 0 bridgehead atoms. The first-order chi connectivity index (χ1) is 7.27. The van der Waals surface area contributed by atoms with Crippen LogP contribution in [0.25, 0.3) is 0 Å². The van der Waals surface area contributed by atoms with Gasteiger partial charge >= 0.3 is 0 Å². The molecule has 0 saturated carbocycles. The van der Waals surface area contributed by atoms with Crippen LogP contribution < -0.4 is 5.73 Å². The molecule has 1 rings (SSSR count). The van der Waals surface area contributed by atoms with E-state index in [-0.39, 0.29) is 0 Å². The summed E-state index contributed by atoms with van der Waals surface area (Å²) in [6.45, 7) is 6.15. The SMILES string of the molecule is C\C=N/C(=C\C=C\N)N1CCN(C)CC1. The third-order valence-corrected chi connectivity index (χ3v) is 2.45. The summed E-state index contributed by atoms with van der Waals surface area (Å²) in [6, 6.07) is 0. The molecule has 4 heteroatoms. The molecule has 15 heavy (non-hydrogen) atoms. The lowest BCUT2D eigenvalue weighted by molar-refractivity contribution is 0.185. The normalized spacial score (nSPS) is 20.7. The van der Waals surface area contributed by atoms with Crippen LogP contribution in [0, 0.1) is 0 Å². The molecule has 0 aromatic rings. The summed E-state index contributed by atoms with van der Waals surface area (Å²) in [5, 5.41) is 0. The zero-order valence-electron chi connectivity index (χ0n) is 9.56. The zero-order chi connectivity index (χ0) is 11.1. The van der Waals surface area contributed by atoms with Crippen LogP contribution in [-0.2, 0) is 0 Å². The molecule has 1 saturated heterocycles. The number of piperazine rings is 1.